The predicted octanol–water partition coefficient (Wildman–Crippen LogP) is 1.03. The van der Waals surface area contributed by atoms with Gasteiger partial charge in [0.05, 0.1) is 10.7 Å². The normalized spacial score (nSPS) is 11.3. The minimum atomic E-state index is -3.55. The van der Waals surface area contributed by atoms with Gasteiger partial charge in [0.15, 0.2) is 0 Å². The molecular formula is C5H6ClN3O4S2. The van der Waals surface area contributed by atoms with Gasteiger partial charge in [-0.3, -0.25) is 14.8 Å². The molecule has 0 aliphatic heterocycles. The van der Waals surface area contributed by atoms with E-state index in [4.69, 9.17) is 11.6 Å². The molecule has 0 atom stereocenters. The molecule has 84 valence electrons. The summed E-state index contributed by atoms with van der Waals surface area (Å²) in [5.74, 6) is -0.315. The number of sulfonamides is 1. The van der Waals surface area contributed by atoms with Crippen LogP contribution >= 0.6 is 22.9 Å². The third kappa shape index (κ3) is 3.61. The molecule has 0 unspecified atom stereocenters. The number of anilines is 1. The van der Waals surface area contributed by atoms with Crippen molar-refractivity contribution in [3.8, 4) is 0 Å². The predicted molar refractivity (Wildman–Crippen MR) is 56.9 cm³/mol. The van der Waals surface area contributed by atoms with E-state index in [1.807, 2.05) is 0 Å². The van der Waals surface area contributed by atoms with E-state index in [1.54, 1.807) is 0 Å². The van der Waals surface area contributed by atoms with E-state index in [0.717, 1.165) is 6.20 Å². The van der Waals surface area contributed by atoms with Gasteiger partial charge in [0.1, 0.15) is 6.20 Å². The number of alkyl halides is 1. The highest BCUT2D eigenvalue weighted by Crippen LogP contribution is 2.25. The summed E-state index contributed by atoms with van der Waals surface area (Å²) < 4.78 is 24.4. The number of nitrogens with one attached hydrogen (secondary N) is 1. The van der Waals surface area contributed by atoms with Crippen molar-refractivity contribution in [2.75, 3.05) is 16.4 Å². The second kappa shape index (κ2) is 4.73. The average Bonchev–Trinajstić information content (AvgIpc) is 2.51. The summed E-state index contributed by atoms with van der Waals surface area (Å²) in [6.07, 6.45) is 0.989. The van der Waals surface area contributed by atoms with Gasteiger partial charge in [-0.2, -0.15) is 0 Å². The van der Waals surface area contributed by atoms with Crippen LogP contribution in [0.1, 0.15) is 0 Å². The van der Waals surface area contributed by atoms with Gasteiger partial charge in [0, 0.05) is 5.88 Å². The lowest BCUT2D eigenvalue weighted by atomic mass is 10.9. The molecule has 0 aromatic carbocycles. The summed E-state index contributed by atoms with van der Waals surface area (Å²) in [6, 6.07) is 0. The first kappa shape index (κ1) is 12.1. The number of nitrogens with zero attached hydrogens (tertiary/aromatic N) is 2. The molecular weight excluding hydrogens is 266 g/mol. The van der Waals surface area contributed by atoms with Crippen molar-refractivity contribution >= 4 is 43.1 Å². The number of nitro groups is 1. The van der Waals surface area contributed by atoms with Crippen LogP contribution in [-0.4, -0.2) is 30.0 Å². The van der Waals surface area contributed by atoms with Gasteiger partial charge in [-0.15, -0.1) is 11.6 Å². The van der Waals surface area contributed by atoms with Crippen molar-refractivity contribution in [1.82, 2.24) is 4.98 Å². The zero-order chi connectivity index (χ0) is 11.5. The maximum atomic E-state index is 11.2. The SMILES string of the molecule is O=[N+]([O-])c1cnc(NS(=O)(=O)CCCl)s1. The number of hydrogen-bond donors (Lipinski definition) is 1. The largest absolute Gasteiger partial charge is 0.345 e. The molecule has 0 saturated heterocycles. The minimum Gasteiger partial charge on any atom is -0.258 e. The van der Waals surface area contributed by atoms with Crippen LogP contribution in [0, 0.1) is 10.1 Å². The molecule has 0 spiro atoms. The summed E-state index contributed by atoms with van der Waals surface area (Å²) >= 11 is 5.91. The second-order valence-corrected chi connectivity index (χ2v) is 5.60. The van der Waals surface area contributed by atoms with Crippen molar-refractivity contribution in [3.05, 3.63) is 16.3 Å². The fraction of sp³-hybridized carbons (Fsp3) is 0.400. The maximum absolute atomic E-state index is 11.2. The monoisotopic (exact) mass is 271 g/mol. The van der Waals surface area contributed by atoms with Crippen LogP contribution < -0.4 is 4.72 Å². The van der Waals surface area contributed by atoms with Crippen molar-refractivity contribution < 1.29 is 13.3 Å². The molecule has 10 heteroatoms. The number of thiazole rings is 1. The van der Waals surface area contributed by atoms with Gasteiger partial charge in [0.25, 0.3) is 0 Å². The van der Waals surface area contributed by atoms with Crippen LogP contribution in [0.25, 0.3) is 0 Å². The zero-order valence-corrected chi connectivity index (χ0v) is 9.60. The molecule has 1 rings (SSSR count). The van der Waals surface area contributed by atoms with E-state index in [2.05, 4.69) is 9.71 Å². The van der Waals surface area contributed by atoms with Gasteiger partial charge in [0.2, 0.25) is 15.2 Å². The molecule has 0 amide bonds. The molecule has 0 radical (unpaired) electrons. The number of halogens is 1. The summed E-state index contributed by atoms with van der Waals surface area (Å²) in [5, 5.41) is 10.0. The van der Waals surface area contributed by atoms with Crippen molar-refractivity contribution in [1.29, 1.82) is 0 Å². The van der Waals surface area contributed by atoms with E-state index in [9.17, 15) is 18.5 Å². The van der Waals surface area contributed by atoms with Gasteiger partial charge in [-0.25, -0.2) is 13.4 Å². The minimum absolute atomic E-state index is 0.0354. The van der Waals surface area contributed by atoms with E-state index in [0.29, 0.717) is 11.3 Å². The molecule has 1 aromatic rings. The highest BCUT2D eigenvalue weighted by molar-refractivity contribution is 7.92. The summed E-state index contributed by atoms with van der Waals surface area (Å²) in [5.41, 5.74) is 0. The third-order valence-corrected chi connectivity index (χ3v) is 3.91. The number of rotatable bonds is 5. The van der Waals surface area contributed by atoms with Gasteiger partial charge in [-0.1, -0.05) is 0 Å². The first-order valence-corrected chi connectivity index (χ1v) is 6.61. The van der Waals surface area contributed by atoms with Gasteiger partial charge in [-0.05, 0) is 11.3 Å². The van der Waals surface area contributed by atoms with Crippen LogP contribution in [0.3, 0.4) is 0 Å². The van der Waals surface area contributed by atoms with Gasteiger partial charge >= 0.3 is 5.00 Å². The molecule has 7 nitrogen and oxygen atoms in total. The highest BCUT2D eigenvalue weighted by Gasteiger charge is 2.16. The lowest BCUT2D eigenvalue weighted by Crippen LogP contribution is -2.17. The molecule has 0 bridgehead atoms. The molecule has 0 saturated carbocycles. The number of hydrogen-bond acceptors (Lipinski definition) is 6. The molecule has 0 fully saturated rings. The summed E-state index contributed by atoms with van der Waals surface area (Å²) in [6.45, 7) is 0. The Morgan fingerprint density at radius 2 is 2.33 bits per heavy atom. The Bertz CT molecular complexity index is 457. The topological polar surface area (TPSA) is 102 Å². The van der Waals surface area contributed by atoms with E-state index in [-0.39, 0.29) is 21.8 Å². The zero-order valence-electron chi connectivity index (χ0n) is 7.21. The molecule has 1 heterocycles. The molecule has 1 aromatic heterocycles. The summed E-state index contributed by atoms with van der Waals surface area (Å²) in [7, 11) is -3.55. The van der Waals surface area contributed by atoms with Crippen LogP contribution in [0.5, 0.6) is 0 Å². The highest BCUT2D eigenvalue weighted by atomic mass is 35.5. The van der Waals surface area contributed by atoms with E-state index < -0.39 is 14.9 Å². The van der Waals surface area contributed by atoms with Crippen LogP contribution in [0.15, 0.2) is 6.20 Å². The Morgan fingerprint density at radius 1 is 1.67 bits per heavy atom. The Hall–Kier alpha value is -0.930. The molecule has 0 aliphatic rings. The fourth-order valence-corrected chi connectivity index (χ4v) is 2.95. The van der Waals surface area contributed by atoms with E-state index >= 15 is 0 Å². The lowest BCUT2D eigenvalue weighted by molar-refractivity contribution is -0.380. The first-order valence-electron chi connectivity index (χ1n) is 3.61. The van der Waals surface area contributed by atoms with Crippen molar-refractivity contribution in [3.63, 3.8) is 0 Å². The summed E-state index contributed by atoms with van der Waals surface area (Å²) in [4.78, 5) is 13.2. The van der Waals surface area contributed by atoms with Crippen LogP contribution in [0.2, 0.25) is 0 Å². The van der Waals surface area contributed by atoms with Crippen molar-refractivity contribution in [2.24, 2.45) is 0 Å². The standard InChI is InChI=1S/C5H6ClN3O4S2/c6-1-2-15(12,13)8-5-7-3-4(14-5)9(10)11/h3H,1-2H2,(H,7,8). The second-order valence-electron chi connectivity index (χ2n) is 2.37. The Labute approximate surface area is 94.3 Å². The molecule has 1 N–H and O–H groups in total. The Morgan fingerprint density at radius 3 is 2.80 bits per heavy atom. The quantitative estimate of drug-likeness (QED) is 0.489. The fourth-order valence-electron chi connectivity index (χ4n) is 0.683. The van der Waals surface area contributed by atoms with Gasteiger partial charge < -0.3 is 0 Å². The lowest BCUT2D eigenvalue weighted by Gasteiger charge is -2.00. The van der Waals surface area contributed by atoms with Crippen molar-refractivity contribution in [2.45, 2.75) is 0 Å². The smallest absolute Gasteiger partial charge is 0.258 e. The van der Waals surface area contributed by atoms with Crippen LogP contribution in [-0.2, 0) is 10.0 Å². The van der Waals surface area contributed by atoms with E-state index in [1.165, 1.54) is 0 Å². The van der Waals surface area contributed by atoms with Crippen LogP contribution in [0.4, 0.5) is 10.1 Å². The third-order valence-electron chi connectivity index (χ3n) is 1.26. The Balaban J connectivity index is 2.77. The molecule has 15 heavy (non-hydrogen) atoms. The average molecular weight is 272 g/mol. The maximum Gasteiger partial charge on any atom is 0.345 e. The number of aromatic nitrogens is 1. The first-order chi connectivity index (χ1) is 6.94. The Kier molecular flexibility index (Phi) is 3.83. The molecule has 0 aliphatic carbocycles.